The number of hydrogen-bond acceptors (Lipinski definition) is 6. The molecule has 1 aliphatic carbocycles. The van der Waals surface area contributed by atoms with Gasteiger partial charge in [0.05, 0.1) is 18.2 Å². The van der Waals surface area contributed by atoms with E-state index in [0.29, 0.717) is 11.9 Å². The van der Waals surface area contributed by atoms with Crippen LogP contribution < -0.4 is 10.3 Å². The van der Waals surface area contributed by atoms with Crippen LogP contribution in [-0.2, 0) is 11.5 Å². The van der Waals surface area contributed by atoms with E-state index in [1.807, 2.05) is 49.9 Å². The molecule has 0 N–H and O–H groups in total. The van der Waals surface area contributed by atoms with Crippen molar-refractivity contribution >= 4 is 22.7 Å². The van der Waals surface area contributed by atoms with Gasteiger partial charge in [0.2, 0.25) is 0 Å². The van der Waals surface area contributed by atoms with Gasteiger partial charge in [0, 0.05) is 49.3 Å². The molecule has 3 heterocycles. The number of benzene rings is 1. The molecule has 0 saturated carbocycles. The molecule has 3 aliphatic rings. The molecule has 5 rings (SSSR count). The lowest BCUT2D eigenvalue weighted by molar-refractivity contribution is 0.0292. The van der Waals surface area contributed by atoms with Crippen molar-refractivity contribution in [3.05, 3.63) is 75.6 Å². The number of fused-ring (bicyclic) bond motifs is 2. The van der Waals surface area contributed by atoms with E-state index in [4.69, 9.17) is 9.47 Å². The Labute approximate surface area is 218 Å². The van der Waals surface area contributed by atoms with E-state index in [-0.39, 0.29) is 18.4 Å². The highest BCUT2D eigenvalue weighted by Crippen LogP contribution is 2.38. The van der Waals surface area contributed by atoms with Crippen LogP contribution in [0.1, 0.15) is 33.1 Å². The van der Waals surface area contributed by atoms with Gasteiger partial charge >= 0.3 is 0 Å². The van der Waals surface area contributed by atoms with Crippen LogP contribution in [0.15, 0.2) is 70.0 Å². The Morgan fingerprint density at radius 2 is 1.89 bits per heavy atom. The van der Waals surface area contributed by atoms with Gasteiger partial charge in [-0.15, -0.1) is 11.8 Å². The molecule has 192 valence electrons. The van der Waals surface area contributed by atoms with E-state index in [2.05, 4.69) is 33.4 Å². The molecule has 1 aromatic carbocycles. The molecule has 0 spiro atoms. The summed E-state index contributed by atoms with van der Waals surface area (Å²) in [4.78, 5) is 17.5. The Bertz CT molecular complexity index is 1210. The first-order valence-corrected chi connectivity index (χ1v) is 14.1. The van der Waals surface area contributed by atoms with Gasteiger partial charge in [-0.25, -0.2) is 0 Å². The fraction of sp³-hybridized carbons (Fsp3) is 0.483. The maximum atomic E-state index is 12.4. The summed E-state index contributed by atoms with van der Waals surface area (Å²) >= 11 is 1.95. The number of aromatic nitrogens is 1. The summed E-state index contributed by atoms with van der Waals surface area (Å²) < 4.78 is 13.4. The molecule has 1 unspecified atom stereocenters. The predicted octanol–water partition coefficient (Wildman–Crippen LogP) is 5.00. The standard InChI is InChI=1S/C29H37N3O3S/c1-22(2)35-21-32-27-20-24(10-8-23(27)9-11-29(32)33)34-18-4-3-13-30-14-16-31(17-15-30)26-6-5-7-28-25(26)12-19-36-28/h5-6,8-12,19-20,22,28H,3-4,7,13-18,21H2,1-2H3. The molecule has 1 atom stereocenters. The van der Waals surface area contributed by atoms with Gasteiger partial charge in [-0.2, -0.15) is 0 Å². The van der Waals surface area contributed by atoms with Crippen LogP contribution in [0.3, 0.4) is 0 Å². The number of nitrogens with zero attached hydrogens (tertiary/aromatic N) is 3. The highest BCUT2D eigenvalue weighted by molar-refractivity contribution is 8.03. The van der Waals surface area contributed by atoms with Crippen LogP contribution in [0.25, 0.3) is 10.9 Å². The second-order valence-electron chi connectivity index (χ2n) is 9.96. The summed E-state index contributed by atoms with van der Waals surface area (Å²) in [6, 6.07) is 9.40. The summed E-state index contributed by atoms with van der Waals surface area (Å²) in [5.74, 6) is 0.799. The molecule has 0 amide bonds. The summed E-state index contributed by atoms with van der Waals surface area (Å²) in [6.45, 7) is 10.4. The van der Waals surface area contributed by atoms with Crippen LogP contribution >= 0.6 is 11.8 Å². The molecule has 6 nitrogen and oxygen atoms in total. The maximum Gasteiger partial charge on any atom is 0.252 e. The Morgan fingerprint density at radius 3 is 2.72 bits per heavy atom. The molecule has 7 heteroatoms. The van der Waals surface area contributed by atoms with Crippen LogP contribution in [0, 0.1) is 0 Å². The van der Waals surface area contributed by atoms with Crippen molar-refractivity contribution in [2.75, 3.05) is 39.3 Å². The molecule has 36 heavy (non-hydrogen) atoms. The van der Waals surface area contributed by atoms with E-state index < -0.39 is 0 Å². The minimum absolute atomic E-state index is 0.0599. The number of ether oxygens (including phenoxy) is 2. The number of hydrogen-bond donors (Lipinski definition) is 0. The number of allylic oxidation sites excluding steroid dienone is 3. The summed E-state index contributed by atoms with van der Waals surface area (Å²) in [5.41, 5.74) is 3.75. The highest BCUT2D eigenvalue weighted by atomic mass is 32.2. The first-order valence-electron chi connectivity index (χ1n) is 13.2. The molecule has 0 radical (unpaired) electrons. The Kier molecular flexibility index (Phi) is 8.19. The lowest BCUT2D eigenvalue weighted by atomic mass is 10.0. The van der Waals surface area contributed by atoms with Crippen LogP contribution in [0.2, 0.25) is 0 Å². The quantitative estimate of drug-likeness (QED) is 0.422. The number of rotatable bonds is 10. The van der Waals surface area contributed by atoms with Crippen molar-refractivity contribution in [3.8, 4) is 5.75 Å². The lowest BCUT2D eigenvalue weighted by Gasteiger charge is -2.38. The minimum Gasteiger partial charge on any atom is -0.494 e. The molecule has 2 aromatic rings. The summed E-state index contributed by atoms with van der Waals surface area (Å²) in [6.07, 6.45) is 10.3. The lowest BCUT2D eigenvalue weighted by Crippen LogP contribution is -2.46. The van der Waals surface area contributed by atoms with Gasteiger partial charge < -0.3 is 14.4 Å². The van der Waals surface area contributed by atoms with Crippen LogP contribution in [0.4, 0.5) is 0 Å². The maximum absolute atomic E-state index is 12.4. The molecule has 0 bridgehead atoms. The normalized spacial score (nSPS) is 20.1. The van der Waals surface area contributed by atoms with Gasteiger partial charge in [0.15, 0.2) is 0 Å². The smallest absolute Gasteiger partial charge is 0.252 e. The topological polar surface area (TPSA) is 46.9 Å². The molecule has 1 aromatic heterocycles. The van der Waals surface area contributed by atoms with Crippen molar-refractivity contribution in [2.45, 2.75) is 51.2 Å². The van der Waals surface area contributed by atoms with Crippen LogP contribution in [0.5, 0.6) is 5.75 Å². The average Bonchev–Trinajstić information content (AvgIpc) is 3.37. The Morgan fingerprint density at radius 1 is 1.06 bits per heavy atom. The number of pyridine rings is 1. The third-order valence-corrected chi connectivity index (χ3v) is 8.18. The second-order valence-corrected chi connectivity index (χ2v) is 11.1. The van der Waals surface area contributed by atoms with E-state index in [1.54, 1.807) is 10.6 Å². The van der Waals surface area contributed by atoms with Gasteiger partial charge in [-0.3, -0.25) is 14.3 Å². The molecule has 2 aliphatic heterocycles. The summed E-state index contributed by atoms with van der Waals surface area (Å²) in [7, 11) is 0. The third-order valence-electron chi connectivity index (χ3n) is 7.11. The molecule has 1 fully saturated rings. The van der Waals surface area contributed by atoms with Gasteiger partial charge in [0.1, 0.15) is 12.5 Å². The second kappa shape index (κ2) is 11.7. The molecular weight excluding hydrogens is 470 g/mol. The van der Waals surface area contributed by atoms with Gasteiger partial charge in [-0.1, -0.05) is 6.08 Å². The third kappa shape index (κ3) is 5.90. The predicted molar refractivity (Wildman–Crippen MR) is 148 cm³/mol. The zero-order valence-corrected chi connectivity index (χ0v) is 22.2. The zero-order chi connectivity index (χ0) is 24.9. The van der Waals surface area contributed by atoms with Crippen molar-refractivity contribution in [2.24, 2.45) is 0 Å². The zero-order valence-electron chi connectivity index (χ0n) is 21.4. The van der Waals surface area contributed by atoms with Gasteiger partial charge in [0.25, 0.3) is 5.56 Å². The number of piperazine rings is 1. The van der Waals surface area contributed by atoms with Gasteiger partial charge in [-0.05, 0) is 86.4 Å². The monoisotopic (exact) mass is 507 g/mol. The van der Waals surface area contributed by atoms with Crippen molar-refractivity contribution in [1.29, 1.82) is 0 Å². The van der Waals surface area contributed by atoms with Crippen molar-refractivity contribution < 1.29 is 9.47 Å². The van der Waals surface area contributed by atoms with Crippen molar-refractivity contribution in [3.63, 3.8) is 0 Å². The summed E-state index contributed by atoms with van der Waals surface area (Å²) in [5, 5.41) is 3.89. The average molecular weight is 508 g/mol. The Balaban J connectivity index is 1.07. The largest absolute Gasteiger partial charge is 0.494 e. The number of unbranched alkanes of at least 4 members (excludes halogenated alkanes) is 1. The van der Waals surface area contributed by atoms with E-state index >= 15 is 0 Å². The van der Waals surface area contributed by atoms with E-state index in [9.17, 15) is 4.79 Å². The SMILES string of the molecule is CC(C)OCn1c(=O)ccc2ccc(OCCCCN3CCN(C4=C5C=CSC5CC=C4)CC3)cc21. The van der Waals surface area contributed by atoms with Crippen LogP contribution in [-0.4, -0.2) is 65.1 Å². The Hall–Kier alpha value is -2.48. The fourth-order valence-corrected chi connectivity index (χ4v) is 6.05. The van der Waals surface area contributed by atoms with E-state index in [0.717, 1.165) is 68.6 Å². The molecule has 1 saturated heterocycles. The van der Waals surface area contributed by atoms with Crippen molar-refractivity contribution in [1.82, 2.24) is 14.4 Å². The first kappa shape index (κ1) is 25.2. The fourth-order valence-electron chi connectivity index (χ4n) is 5.06. The van der Waals surface area contributed by atoms with E-state index in [1.165, 1.54) is 11.3 Å². The first-order chi connectivity index (χ1) is 17.6. The number of thioether (sulfide) groups is 1. The minimum atomic E-state index is -0.0599. The highest BCUT2D eigenvalue weighted by Gasteiger charge is 2.26. The molecular formula is C29H37N3O3S.